The van der Waals surface area contributed by atoms with Crippen molar-refractivity contribution in [3.8, 4) is 6.01 Å². The van der Waals surface area contributed by atoms with Crippen molar-refractivity contribution >= 4 is 5.82 Å². The molecule has 1 aromatic heterocycles. The van der Waals surface area contributed by atoms with Crippen molar-refractivity contribution in [2.45, 2.75) is 57.4 Å². The molecule has 5 nitrogen and oxygen atoms in total. The van der Waals surface area contributed by atoms with Crippen LogP contribution in [-0.2, 0) is 17.6 Å². The molecule has 0 saturated heterocycles. The minimum atomic E-state index is 0.494. The van der Waals surface area contributed by atoms with Gasteiger partial charge in [0.15, 0.2) is 0 Å². The first-order valence-electron chi connectivity index (χ1n) is 8.15. The lowest BCUT2D eigenvalue weighted by atomic mass is 9.96. The normalized spacial score (nSPS) is 18.5. The highest BCUT2D eigenvalue weighted by Gasteiger charge is 2.22. The maximum absolute atomic E-state index is 5.63. The Labute approximate surface area is 126 Å². The molecule has 0 amide bonds. The molecule has 1 fully saturated rings. The van der Waals surface area contributed by atoms with E-state index in [2.05, 4.69) is 15.3 Å². The maximum atomic E-state index is 5.63. The van der Waals surface area contributed by atoms with Crippen LogP contribution in [0.5, 0.6) is 6.01 Å². The van der Waals surface area contributed by atoms with Crippen molar-refractivity contribution in [3.63, 3.8) is 0 Å². The molecule has 0 bridgehead atoms. The molecule has 1 N–H and O–H groups in total. The van der Waals surface area contributed by atoms with E-state index in [4.69, 9.17) is 9.47 Å². The van der Waals surface area contributed by atoms with Gasteiger partial charge >= 0.3 is 6.01 Å². The SMILES string of the molecule is COCCOc1nc2c(c(NC3CCCC3)n1)CCCC2. The second-order valence-electron chi connectivity index (χ2n) is 5.95. The van der Waals surface area contributed by atoms with Crippen LogP contribution in [0, 0.1) is 0 Å². The summed E-state index contributed by atoms with van der Waals surface area (Å²) in [5.74, 6) is 1.01. The van der Waals surface area contributed by atoms with Crippen LogP contribution >= 0.6 is 0 Å². The predicted molar refractivity (Wildman–Crippen MR) is 81.9 cm³/mol. The fourth-order valence-corrected chi connectivity index (χ4v) is 3.24. The summed E-state index contributed by atoms with van der Waals surface area (Å²) in [7, 11) is 1.67. The lowest BCUT2D eigenvalue weighted by Gasteiger charge is -2.22. The van der Waals surface area contributed by atoms with Gasteiger partial charge in [0, 0.05) is 18.7 Å². The first-order chi connectivity index (χ1) is 10.4. The predicted octanol–water partition coefficient (Wildman–Crippen LogP) is 2.74. The highest BCUT2D eigenvalue weighted by atomic mass is 16.5. The molecule has 0 radical (unpaired) electrons. The summed E-state index contributed by atoms with van der Waals surface area (Å²) in [4.78, 5) is 9.21. The lowest BCUT2D eigenvalue weighted by molar-refractivity contribution is 0.140. The Balaban J connectivity index is 1.78. The minimum absolute atomic E-state index is 0.494. The van der Waals surface area contributed by atoms with Gasteiger partial charge in [-0.1, -0.05) is 12.8 Å². The number of rotatable bonds is 6. The number of aryl methyl sites for hydroxylation is 1. The average molecular weight is 291 g/mol. The van der Waals surface area contributed by atoms with E-state index in [-0.39, 0.29) is 0 Å². The number of aromatic nitrogens is 2. The molecule has 0 spiro atoms. The summed E-state index contributed by atoms with van der Waals surface area (Å²) in [6.45, 7) is 1.06. The Bertz CT molecular complexity index is 473. The molecule has 1 saturated carbocycles. The van der Waals surface area contributed by atoms with Crippen LogP contribution in [0.3, 0.4) is 0 Å². The summed E-state index contributed by atoms with van der Waals surface area (Å²) < 4.78 is 10.6. The fraction of sp³-hybridized carbons (Fsp3) is 0.750. The number of anilines is 1. The van der Waals surface area contributed by atoms with Gasteiger partial charge in [0.1, 0.15) is 12.4 Å². The smallest absolute Gasteiger partial charge is 0.318 e. The summed E-state index contributed by atoms with van der Waals surface area (Å²) in [5.41, 5.74) is 2.48. The molecule has 116 valence electrons. The number of ether oxygens (including phenoxy) is 2. The molecule has 2 aliphatic carbocycles. The number of methoxy groups -OCH3 is 1. The molecule has 2 aliphatic rings. The fourth-order valence-electron chi connectivity index (χ4n) is 3.24. The largest absolute Gasteiger partial charge is 0.461 e. The van der Waals surface area contributed by atoms with Gasteiger partial charge in [0.25, 0.3) is 0 Å². The Hall–Kier alpha value is -1.36. The van der Waals surface area contributed by atoms with Gasteiger partial charge in [-0.25, -0.2) is 0 Å². The Morgan fingerprint density at radius 3 is 2.67 bits per heavy atom. The van der Waals surface area contributed by atoms with Crippen molar-refractivity contribution in [1.29, 1.82) is 0 Å². The monoisotopic (exact) mass is 291 g/mol. The van der Waals surface area contributed by atoms with Crippen LogP contribution in [0.25, 0.3) is 0 Å². The van der Waals surface area contributed by atoms with Crippen molar-refractivity contribution in [1.82, 2.24) is 9.97 Å². The van der Waals surface area contributed by atoms with Crippen LogP contribution in [-0.4, -0.2) is 36.3 Å². The van der Waals surface area contributed by atoms with E-state index in [0.717, 1.165) is 18.7 Å². The van der Waals surface area contributed by atoms with Crippen LogP contribution in [0.1, 0.15) is 49.8 Å². The third-order valence-electron chi connectivity index (χ3n) is 4.38. The zero-order valence-electron chi connectivity index (χ0n) is 12.9. The molecule has 0 unspecified atom stereocenters. The van der Waals surface area contributed by atoms with Crippen LogP contribution in [0.15, 0.2) is 0 Å². The number of hydrogen-bond donors (Lipinski definition) is 1. The average Bonchev–Trinajstić information content (AvgIpc) is 3.01. The minimum Gasteiger partial charge on any atom is -0.461 e. The molecular formula is C16H25N3O2. The van der Waals surface area contributed by atoms with E-state index in [1.54, 1.807) is 7.11 Å². The van der Waals surface area contributed by atoms with E-state index in [0.29, 0.717) is 25.3 Å². The first kappa shape index (κ1) is 14.6. The van der Waals surface area contributed by atoms with E-state index in [1.807, 2.05) is 0 Å². The van der Waals surface area contributed by atoms with Crippen molar-refractivity contribution in [2.24, 2.45) is 0 Å². The Morgan fingerprint density at radius 2 is 1.86 bits per heavy atom. The van der Waals surface area contributed by atoms with Crippen molar-refractivity contribution in [3.05, 3.63) is 11.3 Å². The molecule has 0 atom stereocenters. The second-order valence-corrected chi connectivity index (χ2v) is 5.95. The van der Waals surface area contributed by atoms with Gasteiger partial charge in [-0.15, -0.1) is 0 Å². The molecule has 5 heteroatoms. The Morgan fingerprint density at radius 1 is 1.05 bits per heavy atom. The second kappa shape index (κ2) is 7.07. The van der Waals surface area contributed by atoms with Crippen LogP contribution in [0.2, 0.25) is 0 Å². The van der Waals surface area contributed by atoms with Crippen LogP contribution < -0.4 is 10.1 Å². The summed E-state index contributed by atoms with van der Waals surface area (Å²) in [5, 5.41) is 3.64. The molecule has 0 aromatic carbocycles. The lowest BCUT2D eigenvalue weighted by Crippen LogP contribution is -2.20. The van der Waals surface area contributed by atoms with Gasteiger partial charge < -0.3 is 14.8 Å². The van der Waals surface area contributed by atoms with Crippen molar-refractivity contribution in [2.75, 3.05) is 25.6 Å². The van der Waals surface area contributed by atoms with E-state index in [1.165, 1.54) is 49.8 Å². The highest BCUT2D eigenvalue weighted by molar-refractivity contribution is 5.49. The van der Waals surface area contributed by atoms with Gasteiger partial charge in [-0.2, -0.15) is 9.97 Å². The number of fused-ring (bicyclic) bond motifs is 1. The van der Waals surface area contributed by atoms with Gasteiger partial charge in [0.2, 0.25) is 0 Å². The Kier molecular flexibility index (Phi) is 4.91. The molecule has 1 heterocycles. The van der Waals surface area contributed by atoms with E-state index in [9.17, 15) is 0 Å². The van der Waals surface area contributed by atoms with Gasteiger partial charge in [-0.3, -0.25) is 0 Å². The standard InChI is InChI=1S/C16H25N3O2/c1-20-10-11-21-16-18-14-9-5-4-8-13(14)15(19-16)17-12-6-2-3-7-12/h12H,2-11H2,1H3,(H,17,18,19). The number of nitrogens with one attached hydrogen (secondary N) is 1. The topological polar surface area (TPSA) is 56.3 Å². The van der Waals surface area contributed by atoms with E-state index >= 15 is 0 Å². The highest BCUT2D eigenvalue weighted by Crippen LogP contribution is 2.30. The molecule has 3 rings (SSSR count). The zero-order chi connectivity index (χ0) is 14.5. The number of hydrogen-bond acceptors (Lipinski definition) is 5. The third-order valence-corrected chi connectivity index (χ3v) is 4.38. The van der Waals surface area contributed by atoms with Gasteiger partial charge in [-0.05, 0) is 38.5 Å². The molecule has 1 aromatic rings. The maximum Gasteiger partial charge on any atom is 0.318 e. The first-order valence-corrected chi connectivity index (χ1v) is 8.15. The third kappa shape index (κ3) is 3.64. The summed E-state index contributed by atoms with van der Waals surface area (Å²) in [6, 6.07) is 1.06. The van der Waals surface area contributed by atoms with Crippen LogP contribution in [0.4, 0.5) is 5.82 Å². The zero-order valence-corrected chi connectivity index (χ0v) is 12.9. The van der Waals surface area contributed by atoms with Crippen molar-refractivity contribution < 1.29 is 9.47 Å². The van der Waals surface area contributed by atoms with E-state index < -0.39 is 0 Å². The molecular weight excluding hydrogens is 266 g/mol. The molecule has 0 aliphatic heterocycles. The summed E-state index contributed by atoms with van der Waals surface area (Å²) in [6.07, 6.45) is 9.71. The number of nitrogens with zero attached hydrogens (tertiary/aromatic N) is 2. The summed E-state index contributed by atoms with van der Waals surface area (Å²) >= 11 is 0. The quantitative estimate of drug-likeness (QED) is 0.817. The van der Waals surface area contributed by atoms with Gasteiger partial charge in [0.05, 0.1) is 12.3 Å². The molecule has 21 heavy (non-hydrogen) atoms.